The number of fused-ring (bicyclic) bond motifs is 6. The van der Waals surface area contributed by atoms with Gasteiger partial charge < -0.3 is 19.6 Å². The van der Waals surface area contributed by atoms with Crippen molar-refractivity contribution in [3.8, 4) is 44.5 Å². The molecule has 17 rings (SSSR count). The predicted octanol–water partition coefficient (Wildman–Crippen LogP) is 25.8. The molecule has 0 N–H and O–H groups in total. The second-order valence-electron chi connectivity index (χ2n) is 24.6. The average molecular weight is 1200 g/mol. The van der Waals surface area contributed by atoms with Gasteiger partial charge in [0, 0.05) is 67.9 Å². The Labute approximate surface area is 549 Å². The second kappa shape index (κ2) is 23.5. The fourth-order valence-electron chi connectivity index (χ4n) is 14.4. The molecule has 4 nitrogen and oxygen atoms in total. The van der Waals surface area contributed by atoms with Gasteiger partial charge in [-0.15, -0.1) is 0 Å². The molecule has 16 aromatic carbocycles. The fourth-order valence-corrected chi connectivity index (χ4v) is 14.4. The Morgan fingerprint density at radius 1 is 0.181 bits per heavy atom. The molecule has 0 aliphatic heterocycles. The molecule has 0 amide bonds. The van der Waals surface area contributed by atoms with Gasteiger partial charge in [0.1, 0.15) is 0 Å². The van der Waals surface area contributed by atoms with Crippen LogP contribution < -0.4 is 19.6 Å². The SMILES string of the molecule is Cc1cc(N(c2ccccc2)c2ccc3ccccc3c2)ccc1-c1ccc(N(c2ccc(-c3ccc(N(c4ccccc4)c4ccc5ccccc5c4)cc3)cc2)c2ccc3c4c(cccc24)-c2ccc(N(c4ccccc4)c4ccc5ccccc5c4)cc2-3)cc1C. The number of benzene rings is 16. The van der Waals surface area contributed by atoms with Gasteiger partial charge in [0.15, 0.2) is 0 Å². The third kappa shape index (κ3) is 10.1. The highest BCUT2D eigenvalue weighted by Gasteiger charge is 2.28. The molecule has 1 aliphatic carbocycles. The molecule has 0 fully saturated rings. The molecule has 0 atom stereocenters. The number of nitrogens with zero attached hydrogens (tertiary/aromatic N) is 4. The van der Waals surface area contributed by atoms with Gasteiger partial charge in [-0.05, 0) is 247 Å². The van der Waals surface area contributed by atoms with Crippen molar-refractivity contribution < 1.29 is 0 Å². The van der Waals surface area contributed by atoms with Crippen LogP contribution in [0.2, 0.25) is 0 Å². The average Bonchev–Trinajstić information content (AvgIpc) is 1.54. The number of rotatable bonds is 14. The highest BCUT2D eigenvalue weighted by atomic mass is 15.2. The van der Waals surface area contributed by atoms with Crippen molar-refractivity contribution in [1.29, 1.82) is 0 Å². The number of anilines is 12. The van der Waals surface area contributed by atoms with Gasteiger partial charge in [-0.2, -0.15) is 0 Å². The first-order valence-corrected chi connectivity index (χ1v) is 32.4. The summed E-state index contributed by atoms with van der Waals surface area (Å²) in [6.45, 7) is 4.51. The van der Waals surface area contributed by atoms with Gasteiger partial charge in [0.25, 0.3) is 0 Å². The third-order valence-electron chi connectivity index (χ3n) is 18.9. The van der Waals surface area contributed by atoms with E-state index in [9.17, 15) is 0 Å². The maximum atomic E-state index is 2.47. The van der Waals surface area contributed by atoms with E-state index in [1.807, 2.05) is 0 Å². The van der Waals surface area contributed by atoms with Crippen LogP contribution in [0.3, 0.4) is 0 Å². The van der Waals surface area contributed by atoms with Crippen LogP contribution in [0.4, 0.5) is 68.2 Å². The lowest BCUT2D eigenvalue weighted by atomic mass is 9.94. The van der Waals surface area contributed by atoms with Gasteiger partial charge in [0.2, 0.25) is 0 Å². The van der Waals surface area contributed by atoms with Crippen LogP contribution in [0.15, 0.2) is 352 Å². The molecule has 0 heterocycles. The summed E-state index contributed by atoms with van der Waals surface area (Å²) in [6.07, 6.45) is 0. The summed E-state index contributed by atoms with van der Waals surface area (Å²) in [5.41, 5.74) is 25.3. The minimum Gasteiger partial charge on any atom is -0.310 e. The van der Waals surface area contributed by atoms with Crippen molar-refractivity contribution in [1.82, 2.24) is 0 Å². The lowest BCUT2D eigenvalue weighted by Gasteiger charge is -2.29. The molecule has 4 heteroatoms. The molecule has 16 aromatic rings. The van der Waals surface area contributed by atoms with Crippen LogP contribution in [-0.4, -0.2) is 0 Å². The monoisotopic (exact) mass is 1200 g/mol. The van der Waals surface area contributed by atoms with E-state index in [2.05, 4.69) is 385 Å². The Bertz CT molecular complexity index is 5530. The summed E-state index contributed by atoms with van der Waals surface area (Å²) in [6, 6.07) is 129. The minimum atomic E-state index is 1.07. The Kier molecular flexibility index (Phi) is 14.0. The number of hydrogen-bond acceptors (Lipinski definition) is 4. The van der Waals surface area contributed by atoms with Crippen molar-refractivity contribution >= 4 is 111 Å². The standard InChI is InChI=1S/C90H64N4/c1-61-55-76(92(72-27-8-4-9-28-72)79-45-38-64-20-13-16-23-69(64)58-79)47-50-82(61)83-51-48-77(56-62(83)2)94(75-42-35-67(36-43-75)66-33-40-74(41-34-66)91(71-25-6-3-7-26-71)78-44-37-63-19-12-15-22-68(63)57-78)89-54-53-86-88-60-81(49-52-84(88)85-31-18-32-87(89)90(85)86)93(73-29-10-5-11-30-73)80-46-39-65-21-14-17-24-70(65)59-80/h3-60H,1-2H3. The number of hydrogen-bond donors (Lipinski definition) is 0. The van der Waals surface area contributed by atoms with E-state index < -0.39 is 0 Å². The Morgan fingerprint density at radius 3 is 0.947 bits per heavy atom. The smallest absolute Gasteiger partial charge is 0.0540 e. The zero-order valence-electron chi connectivity index (χ0n) is 52.3. The van der Waals surface area contributed by atoms with Gasteiger partial charge in [-0.3, -0.25) is 0 Å². The lowest BCUT2D eigenvalue weighted by Crippen LogP contribution is -2.11. The first-order valence-electron chi connectivity index (χ1n) is 32.4. The molecular formula is C90H64N4. The molecule has 0 saturated heterocycles. The van der Waals surface area contributed by atoms with Crippen LogP contribution in [-0.2, 0) is 0 Å². The predicted molar refractivity (Wildman–Crippen MR) is 400 cm³/mol. The Morgan fingerprint density at radius 2 is 0.500 bits per heavy atom. The maximum absolute atomic E-state index is 2.47. The first-order chi connectivity index (χ1) is 46.4. The van der Waals surface area contributed by atoms with E-state index >= 15 is 0 Å². The summed E-state index contributed by atoms with van der Waals surface area (Å²) in [5.74, 6) is 0. The zero-order chi connectivity index (χ0) is 62.6. The molecule has 0 aromatic heterocycles. The summed E-state index contributed by atoms with van der Waals surface area (Å²) in [5, 5.41) is 9.76. The van der Waals surface area contributed by atoms with Crippen LogP contribution in [0, 0.1) is 13.8 Å². The van der Waals surface area contributed by atoms with E-state index in [1.165, 1.54) is 87.6 Å². The number of para-hydroxylation sites is 3. The molecule has 94 heavy (non-hydrogen) atoms. The highest BCUT2D eigenvalue weighted by molar-refractivity contribution is 6.20. The molecule has 0 radical (unpaired) electrons. The van der Waals surface area contributed by atoms with E-state index in [1.54, 1.807) is 0 Å². The molecule has 0 saturated carbocycles. The number of aryl methyl sites for hydroxylation is 2. The van der Waals surface area contributed by atoms with Gasteiger partial charge >= 0.3 is 0 Å². The second-order valence-corrected chi connectivity index (χ2v) is 24.6. The summed E-state index contributed by atoms with van der Waals surface area (Å²) < 4.78 is 0. The normalized spacial score (nSPS) is 11.5. The van der Waals surface area contributed by atoms with E-state index in [0.29, 0.717) is 0 Å². The van der Waals surface area contributed by atoms with Crippen LogP contribution in [0.25, 0.3) is 87.6 Å². The topological polar surface area (TPSA) is 13.0 Å². The van der Waals surface area contributed by atoms with Crippen molar-refractivity contribution in [2.24, 2.45) is 0 Å². The largest absolute Gasteiger partial charge is 0.310 e. The van der Waals surface area contributed by atoms with Crippen LogP contribution in [0.5, 0.6) is 0 Å². The zero-order valence-corrected chi connectivity index (χ0v) is 52.3. The molecule has 1 aliphatic rings. The summed E-state index contributed by atoms with van der Waals surface area (Å²) in [7, 11) is 0. The minimum absolute atomic E-state index is 1.07. The third-order valence-corrected chi connectivity index (χ3v) is 18.9. The molecule has 444 valence electrons. The van der Waals surface area contributed by atoms with Crippen molar-refractivity contribution in [3.05, 3.63) is 363 Å². The Balaban J connectivity index is 0.756. The van der Waals surface area contributed by atoms with Crippen LogP contribution in [0.1, 0.15) is 11.1 Å². The first kappa shape index (κ1) is 55.8. The summed E-state index contributed by atoms with van der Waals surface area (Å²) in [4.78, 5) is 9.57. The van der Waals surface area contributed by atoms with Gasteiger partial charge in [-0.1, -0.05) is 212 Å². The van der Waals surface area contributed by atoms with Gasteiger partial charge in [-0.25, -0.2) is 0 Å². The van der Waals surface area contributed by atoms with Crippen molar-refractivity contribution in [2.45, 2.75) is 13.8 Å². The maximum Gasteiger partial charge on any atom is 0.0540 e. The molecule has 0 spiro atoms. The van der Waals surface area contributed by atoms with E-state index in [0.717, 1.165) is 79.4 Å². The van der Waals surface area contributed by atoms with Crippen LogP contribution >= 0.6 is 0 Å². The van der Waals surface area contributed by atoms with E-state index in [-0.39, 0.29) is 0 Å². The Hall–Kier alpha value is -12.2. The van der Waals surface area contributed by atoms with Crippen molar-refractivity contribution in [2.75, 3.05) is 19.6 Å². The molecule has 0 bridgehead atoms. The highest BCUT2D eigenvalue weighted by Crippen LogP contribution is 2.54. The fraction of sp³-hybridized carbons (Fsp3) is 0.0222. The quantitative estimate of drug-likeness (QED) is 0.108. The van der Waals surface area contributed by atoms with E-state index in [4.69, 9.17) is 0 Å². The molecular weight excluding hydrogens is 1140 g/mol. The lowest BCUT2D eigenvalue weighted by molar-refractivity contribution is 1.27. The van der Waals surface area contributed by atoms with Gasteiger partial charge in [0.05, 0.1) is 5.69 Å². The van der Waals surface area contributed by atoms with Crippen molar-refractivity contribution in [3.63, 3.8) is 0 Å². The molecule has 0 unspecified atom stereocenters. The summed E-state index contributed by atoms with van der Waals surface area (Å²) >= 11 is 0.